The maximum Gasteiger partial charge on any atom is 0.0466 e. The fourth-order valence-corrected chi connectivity index (χ4v) is 0.882. The summed E-state index contributed by atoms with van der Waals surface area (Å²) < 4.78 is 5.40. The Kier molecular flexibility index (Phi) is 8.03. The average Bonchev–Trinajstić information content (AvgIpc) is 1.96. The van der Waals surface area contributed by atoms with Gasteiger partial charge in [-0.1, -0.05) is 27.2 Å². The molecule has 1 radical (unpaired) electrons. The normalized spacial score (nSPS) is 10.9. The van der Waals surface area contributed by atoms with Crippen LogP contribution in [-0.4, -0.2) is 13.2 Å². The highest BCUT2D eigenvalue weighted by atomic mass is 16.5. The van der Waals surface area contributed by atoms with Crippen LogP contribution in [0.3, 0.4) is 0 Å². The molecule has 0 rings (SSSR count). The molecule has 0 spiro atoms. The lowest BCUT2D eigenvalue weighted by atomic mass is 10.1. The highest BCUT2D eigenvalue weighted by Gasteiger charge is 1.93. The van der Waals surface area contributed by atoms with Crippen molar-refractivity contribution >= 4 is 0 Å². The highest BCUT2D eigenvalue weighted by molar-refractivity contribution is 4.52. The van der Waals surface area contributed by atoms with Gasteiger partial charge in [-0.2, -0.15) is 0 Å². The van der Waals surface area contributed by atoms with Crippen LogP contribution in [0.5, 0.6) is 0 Å². The van der Waals surface area contributed by atoms with Crippen molar-refractivity contribution in [3.8, 4) is 0 Å². The lowest BCUT2D eigenvalue weighted by Gasteiger charge is -2.04. The Bertz CT molecular complexity index is 69.3. The smallest absolute Gasteiger partial charge is 0.0466 e. The van der Waals surface area contributed by atoms with E-state index >= 15 is 0 Å². The largest absolute Gasteiger partial charge is 0.381 e. The molecule has 0 aliphatic heterocycles. The standard InChI is InChI=1S/C10H21O/c1-4-5-8-11-9-6-7-10(2)3/h10H,2,4-9H2,1,3H3. The molecule has 0 aromatic heterocycles. The van der Waals surface area contributed by atoms with E-state index < -0.39 is 0 Å². The summed E-state index contributed by atoms with van der Waals surface area (Å²) in [5, 5.41) is 0. The van der Waals surface area contributed by atoms with E-state index in [0.29, 0.717) is 5.92 Å². The Morgan fingerprint density at radius 3 is 2.45 bits per heavy atom. The first-order chi connectivity index (χ1) is 5.27. The minimum absolute atomic E-state index is 0.574. The maximum absolute atomic E-state index is 5.40. The topological polar surface area (TPSA) is 9.23 Å². The van der Waals surface area contributed by atoms with Gasteiger partial charge in [0, 0.05) is 13.2 Å². The lowest BCUT2D eigenvalue weighted by molar-refractivity contribution is 0.126. The highest BCUT2D eigenvalue weighted by Crippen LogP contribution is 2.02. The molecule has 0 heterocycles. The van der Waals surface area contributed by atoms with Crippen molar-refractivity contribution in [1.82, 2.24) is 0 Å². The van der Waals surface area contributed by atoms with Gasteiger partial charge in [-0.05, 0) is 25.2 Å². The van der Waals surface area contributed by atoms with Crippen LogP contribution in [0.15, 0.2) is 0 Å². The third kappa shape index (κ3) is 9.96. The molecule has 1 nitrogen and oxygen atoms in total. The third-order valence-corrected chi connectivity index (χ3v) is 1.63. The van der Waals surface area contributed by atoms with E-state index in [-0.39, 0.29) is 0 Å². The van der Waals surface area contributed by atoms with Gasteiger partial charge in [0.05, 0.1) is 0 Å². The molecule has 1 unspecified atom stereocenters. The SMILES string of the molecule is [CH2]C(C)CCCOCCCC. The zero-order valence-corrected chi connectivity index (χ0v) is 7.94. The summed E-state index contributed by atoms with van der Waals surface area (Å²) >= 11 is 0. The summed E-state index contributed by atoms with van der Waals surface area (Å²) in [6.45, 7) is 10.1. The Hall–Kier alpha value is -0.0400. The van der Waals surface area contributed by atoms with Crippen molar-refractivity contribution < 1.29 is 4.74 Å². The summed E-state index contributed by atoms with van der Waals surface area (Å²) in [5.74, 6) is 0.574. The molecule has 0 saturated carbocycles. The molecule has 0 aliphatic carbocycles. The molecule has 1 heteroatoms. The molecular formula is C10H21O. The van der Waals surface area contributed by atoms with Crippen LogP contribution in [0.4, 0.5) is 0 Å². The average molecular weight is 157 g/mol. The molecule has 0 aromatic carbocycles. The second-order valence-corrected chi connectivity index (χ2v) is 3.21. The van der Waals surface area contributed by atoms with Gasteiger partial charge >= 0.3 is 0 Å². The molecule has 1 atom stereocenters. The quantitative estimate of drug-likeness (QED) is 0.516. The molecule has 0 fully saturated rings. The Balaban J connectivity index is 2.80. The van der Waals surface area contributed by atoms with Crippen molar-refractivity contribution in [1.29, 1.82) is 0 Å². The fourth-order valence-electron chi connectivity index (χ4n) is 0.882. The van der Waals surface area contributed by atoms with Gasteiger partial charge in [-0.15, -0.1) is 0 Å². The zero-order valence-electron chi connectivity index (χ0n) is 7.94. The van der Waals surface area contributed by atoms with Gasteiger partial charge in [-0.3, -0.25) is 0 Å². The molecular weight excluding hydrogens is 136 g/mol. The summed E-state index contributed by atoms with van der Waals surface area (Å²) in [5.41, 5.74) is 0. The summed E-state index contributed by atoms with van der Waals surface area (Å²) in [4.78, 5) is 0. The Morgan fingerprint density at radius 2 is 1.91 bits per heavy atom. The number of ether oxygens (including phenoxy) is 1. The van der Waals surface area contributed by atoms with Crippen molar-refractivity contribution in [2.75, 3.05) is 13.2 Å². The number of unbranched alkanes of at least 4 members (excludes halogenated alkanes) is 1. The van der Waals surface area contributed by atoms with E-state index in [0.717, 1.165) is 19.6 Å². The van der Waals surface area contributed by atoms with E-state index in [1.54, 1.807) is 0 Å². The van der Waals surface area contributed by atoms with E-state index in [1.807, 2.05) is 0 Å². The van der Waals surface area contributed by atoms with Gasteiger partial charge in [0.1, 0.15) is 0 Å². The van der Waals surface area contributed by atoms with Crippen molar-refractivity contribution in [2.45, 2.75) is 39.5 Å². The number of rotatable bonds is 7. The number of hydrogen-bond donors (Lipinski definition) is 0. The van der Waals surface area contributed by atoms with Crippen LogP contribution in [0.1, 0.15) is 39.5 Å². The van der Waals surface area contributed by atoms with Gasteiger partial charge in [-0.25, -0.2) is 0 Å². The maximum atomic E-state index is 5.40. The number of hydrogen-bond acceptors (Lipinski definition) is 1. The summed E-state index contributed by atoms with van der Waals surface area (Å²) in [6, 6.07) is 0. The fraction of sp³-hybridized carbons (Fsp3) is 0.900. The van der Waals surface area contributed by atoms with Gasteiger partial charge in [0.25, 0.3) is 0 Å². The molecule has 0 saturated heterocycles. The second-order valence-electron chi connectivity index (χ2n) is 3.21. The van der Waals surface area contributed by atoms with E-state index in [1.165, 1.54) is 19.3 Å². The summed E-state index contributed by atoms with van der Waals surface area (Å²) in [6.07, 6.45) is 4.77. The monoisotopic (exact) mass is 157 g/mol. The predicted octanol–water partition coefficient (Wildman–Crippen LogP) is 3.05. The van der Waals surface area contributed by atoms with E-state index in [9.17, 15) is 0 Å². The lowest BCUT2D eigenvalue weighted by Crippen LogP contribution is -1.98. The minimum Gasteiger partial charge on any atom is -0.381 e. The van der Waals surface area contributed by atoms with Crippen molar-refractivity contribution in [3.63, 3.8) is 0 Å². The first-order valence-electron chi connectivity index (χ1n) is 4.68. The molecule has 0 N–H and O–H groups in total. The van der Waals surface area contributed by atoms with Gasteiger partial charge < -0.3 is 4.74 Å². The van der Waals surface area contributed by atoms with E-state index in [4.69, 9.17) is 4.74 Å². The molecule has 67 valence electrons. The Labute approximate surface area is 71.1 Å². The van der Waals surface area contributed by atoms with Crippen molar-refractivity contribution in [3.05, 3.63) is 6.92 Å². The van der Waals surface area contributed by atoms with Crippen molar-refractivity contribution in [2.24, 2.45) is 5.92 Å². The zero-order chi connectivity index (χ0) is 8.53. The molecule has 0 amide bonds. The van der Waals surface area contributed by atoms with Crippen LogP contribution < -0.4 is 0 Å². The summed E-state index contributed by atoms with van der Waals surface area (Å²) in [7, 11) is 0. The molecule has 0 bridgehead atoms. The first kappa shape index (κ1) is 11.0. The minimum atomic E-state index is 0.574. The van der Waals surface area contributed by atoms with Crippen LogP contribution in [0.25, 0.3) is 0 Å². The molecule has 0 aliphatic rings. The van der Waals surface area contributed by atoms with Gasteiger partial charge in [0.2, 0.25) is 0 Å². The van der Waals surface area contributed by atoms with Crippen LogP contribution in [-0.2, 0) is 4.74 Å². The predicted molar refractivity (Wildman–Crippen MR) is 49.5 cm³/mol. The van der Waals surface area contributed by atoms with Crippen LogP contribution in [0.2, 0.25) is 0 Å². The van der Waals surface area contributed by atoms with Crippen LogP contribution in [0, 0.1) is 12.8 Å². The third-order valence-electron chi connectivity index (χ3n) is 1.63. The van der Waals surface area contributed by atoms with Gasteiger partial charge in [0.15, 0.2) is 0 Å². The molecule has 0 aromatic rings. The van der Waals surface area contributed by atoms with Crippen LogP contribution >= 0.6 is 0 Å². The van der Waals surface area contributed by atoms with E-state index in [2.05, 4.69) is 20.8 Å². The molecule has 11 heavy (non-hydrogen) atoms. The second kappa shape index (κ2) is 8.06. The Morgan fingerprint density at radius 1 is 1.27 bits per heavy atom. The first-order valence-corrected chi connectivity index (χ1v) is 4.68.